The Morgan fingerprint density at radius 1 is 1.19 bits per heavy atom. The number of aliphatic imine (C=N–C) groups is 1. The molecule has 0 spiro atoms. The first kappa shape index (κ1) is 10.2. The summed E-state index contributed by atoms with van der Waals surface area (Å²) in [5.74, 6) is 0.609. The van der Waals surface area contributed by atoms with E-state index in [0.29, 0.717) is 11.5 Å². The lowest BCUT2D eigenvalue weighted by Crippen LogP contribution is -2.12. The van der Waals surface area contributed by atoms with Crippen LogP contribution < -0.4 is 5.73 Å². The molecule has 4 heteroatoms. The van der Waals surface area contributed by atoms with Crippen molar-refractivity contribution in [1.29, 1.82) is 0 Å². The quantitative estimate of drug-likeness (QED) is 0.590. The van der Waals surface area contributed by atoms with E-state index in [1.807, 2.05) is 6.07 Å². The Kier molecular flexibility index (Phi) is 2.82. The molecule has 2 aromatic rings. The summed E-state index contributed by atoms with van der Waals surface area (Å²) in [5.41, 5.74) is 7.28. The molecule has 1 heterocycles. The Hall–Kier alpha value is -2.36. The van der Waals surface area contributed by atoms with Crippen molar-refractivity contribution in [3.05, 3.63) is 54.4 Å². The second kappa shape index (κ2) is 4.44. The Morgan fingerprint density at radius 3 is 2.56 bits per heavy atom. The smallest absolute Gasteiger partial charge is 0.132 e. The number of aromatic nitrogens is 1. The second-order valence-corrected chi connectivity index (χ2v) is 3.26. The molecule has 0 aliphatic carbocycles. The zero-order chi connectivity index (χ0) is 11.4. The lowest BCUT2D eigenvalue weighted by molar-refractivity contribution is 0.475. The number of phenols is 1. The maximum Gasteiger partial charge on any atom is 0.132 e. The van der Waals surface area contributed by atoms with Crippen molar-refractivity contribution >= 4 is 11.5 Å². The number of aromatic hydroxyl groups is 1. The summed E-state index contributed by atoms with van der Waals surface area (Å²) in [6, 6.07) is 10.2. The molecule has 1 aromatic heterocycles. The summed E-state index contributed by atoms with van der Waals surface area (Å²) in [6.45, 7) is 0. The van der Waals surface area contributed by atoms with E-state index in [0.717, 1.165) is 5.56 Å². The summed E-state index contributed by atoms with van der Waals surface area (Å²) >= 11 is 0. The highest BCUT2D eigenvalue weighted by Crippen LogP contribution is 2.17. The van der Waals surface area contributed by atoms with E-state index in [4.69, 9.17) is 10.8 Å². The molecule has 0 radical (unpaired) electrons. The Morgan fingerprint density at radius 2 is 1.94 bits per heavy atom. The molecule has 80 valence electrons. The number of benzene rings is 1. The lowest BCUT2D eigenvalue weighted by atomic mass is 10.2. The van der Waals surface area contributed by atoms with Gasteiger partial charge in [-0.1, -0.05) is 0 Å². The van der Waals surface area contributed by atoms with Crippen LogP contribution in [0.5, 0.6) is 5.75 Å². The van der Waals surface area contributed by atoms with Crippen molar-refractivity contribution in [1.82, 2.24) is 4.98 Å². The average molecular weight is 213 g/mol. The van der Waals surface area contributed by atoms with Crippen molar-refractivity contribution in [2.45, 2.75) is 0 Å². The molecule has 0 fully saturated rings. The van der Waals surface area contributed by atoms with Gasteiger partial charge in [0.05, 0.1) is 5.69 Å². The van der Waals surface area contributed by atoms with Crippen LogP contribution in [0.4, 0.5) is 5.69 Å². The molecule has 0 saturated heterocycles. The normalized spacial score (nSPS) is 11.4. The van der Waals surface area contributed by atoms with Gasteiger partial charge in [-0.05, 0) is 36.4 Å². The van der Waals surface area contributed by atoms with E-state index in [9.17, 15) is 0 Å². The standard InChI is InChI=1S/C12H11N3O/c13-12(9-2-1-7-14-8-9)15-10-3-5-11(16)6-4-10/h1-8,16H,(H2,13,15). The minimum absolute atomic E-state index is 0.207. The lowest BCUT2D eigenvalue weighted by Gasteiger charge is -2.00. The van der Waals surface area contributed by atoms with E-state index in [1.54, 1.807) is 42.7 Å². The Bertz CT molecular complexity index is 491. The van der Waals surface area contributed by atoms with Gasteiger partial charge in [-0.25, -0.2) is 4.99 Å². The number of rotatable bonds is 2. The highest BCUT2D eigenvalue weighted by atomic mass is 16.3. The third kappa shape index (κ3) is 2.36. The van der Waals surface area contributed by atoms with Gasteiger partial charge in [0.15, 0.2) is 0 Å². The van der Waals surface area contributed by atoms with Gasteiger partial charge in [-0.3, -0.25) is 4.98 Å². The number of pyridine rings is 1. The van der Waals surface area contributed by atoms with Crippen molar-refractivity contribution < 1.29 is 5.11 Å². The van der Waals surface area contributed by atoms with Gasteiger partial charge in [0, 0.05) is 18.0 Å². The summed E-state index contributed by atoms with van der Waals surface area (Å²) in [7, 11) is 0. The maximum atomic E-state index is 9.12. The van der Waals surface area contributed by atoms with E-state index in [2.05, 4.69) is 9.98 Å². The fraction of sp³-hybridized carbons (Fsp3) is 0. The van der Waals surface area contributed by atoms with Gasteiger partial charge >= 0.3 is 0 Å². The Balaban J connectivity index is 2.28. The molecule has 4 nitrogen and oxygen atoms in total. The molecule has 0 amide bonds. The van der Waals surface area contributed by atoms with Crippen molar-refractivity contribution in [3.63, 3.8) is 0 Å². The van der Waals surface area contributed by atoms with E-state index >= 15 is 0 Å². The summed E-state index contributed by atoms with van der Waals surface area (Å²) in [6.07, 6.45) is 3.33. The van der Waals surface area contributed by atoms with Gasteiger partial charge < -0.3 is 10.8 Å². The molecule has 1 aromatic carbocycles. The summed E-state index contributed by atoms with van der Waals surface area (Å²) < 4.78 is 0. The number of amidine groups is 1. The fourth-order valence-electron chi connectivity index (χ4n) is 1.25. The number of nitrogens with two attached hydrogens (primary N) is 1. The van der Waals surface area contributed by atoms with Crippen LogP contribution in [0.2, 0.25) is 0 Å². The van der Waals surface area contributed by atoms with Crippen LogP contribution in [-0.4, -0.2) is 15.9 Å². The molecule has 16 heavy (non-hydrogen) atoms. The van der Waals surface area contributed by atoms with E-state index in [-0.39, 0.29) is 5.75 Å². The van der Waals surface area contributed by atoms with Crippen molar-refractivity contribution in [2.75, 3.05) is 0 Å². The van der Waals surface area contributed by atoms with Crippen LogP contribution in [0.3, 0.4) is 0 Å². The first-order chi connectivity index (χ1) is 7.75. The number of hydrogen-bond donors (Lipinski definition) is 2. The number of phenolic OH excluding ortho intramolecular Hbond substituents is 1. The zero-order valence-corrected chi connectivity index (χ0v) is 8.54. The molecule has 0 aliphatic heterocycles. The molecule has 2 rings (SSSR count). The second-order valence-electron chi connectivity index (χ2n) is 3.26. The zero-order valence-electron chi connectivity index (χ0n) is 8.54. The summed E-state index contributed by atoms with van der Waals surface area (Å²) in [4.78, 5) is 8.17. The molecule has 0 bridgehead atoms. The van der Waals surface area contributed by atoms with Crippen LogP contribution in [0, 0.1) is 0 Å². The van der Waals surface area contributed by atoms with Gasteiger partial charge in [-0.15, -0.1) is 0 Å². The molecule has 3 N–H and O–H groups in total. The van der Waals surface area contributed by atoms with Crippen LogP contribution in [-0.2, 0) is 0 Å². The topological polar surface area (TPSA) is 71.5 Å². The third-order valence-electron chi connectivity index (χ3n) is 2.06. The van der Waals surface area contributed by atoms with Gasteiger partial charge in [0.25, 0.3) is 0 Å². The van der Waals surface area contributed by atoms with E-state index < -0.39 is 0 Å². The molecular weight excluding hydrogens is 202 g/mol. The summed E-state index contributed by atoms with van der Waals surface area (Å²) in [5, 5.41) is 9.12. The monoisotopic (exact) mass is 213 g/mol. The van der Waals surface area contributed by atoms with Gasteiger partial charge in [-0.2, -0.15) is 0 Å². The third-order valence-corrected chi connectivity index (χ3v) is 2.06. The maximum absolute atomic E-state index is 9.12. The van der Waals surface area contributed by atoms with Crippen LogP contribution >= 0.6 is 0 Å². The average Bonchev–Trinajstić information content (AvgIpc) is 2.33. The van der Waals surface area contributed by atoms with Crippen LogP contribution in [0.15, 0.2) is 53.8 Å². The molecular formula is C12H11N3O. The minimum atomic E-state index is 0.207. The van der Waals surface area contributed by atoms with Crippen molar-refractivity contribution in [3.8, 4) is 5.75 Å². The number of hydrogen-bond acceptors (Lipinski definition) is 3. The number of nitrogens with zero attached hydrogens (tertiary/aromatic N) is 2. The van der Waals surface area contributed by atoms with Crippen LogP contribution in [0.25, 0.3) is 0 Å². The molecule has 0 aliphatic rings. The minimum Gasteiger partial charge on any atom is -0.508 e. The first-order valence-corrected chi connectivity index (χ1v) is 4.79. The first-order valence-electron chi connectivity index (χ1n) is 4.79. The Labute approximate surface area is 93.1 Å². The predicted molar refractivity (Wildman–Crippen MR) is 62.7 cm³/mol. The van der Waals surface area contributed by atoms with Crippen molar-refractivity contribution in [2.24, 2.45) is 10.7 Å². The molecule has 0 unspecified atom stereocenters. The molecule has 0 atom stereocenters. The van der Waals surface area contributed by atoms with Gasteiger partial charge in [0.2, 0.25) is 0 Å². The largest absolute Gasteiger partial charge is 0.508 e. The van der Waals surface area contributed by atoms with Gasteiger partial charge in [0.1, 0.15) is 11.6 Å². The highest BCUT2D eigenvalue weighted by molar-refractivity contribution is 5.98. The molecule has 0 saturated carbocycles. The van der Waals surface area contributed by atoms with E-state index in [1.165, 1.54) is 0 Å². The SMILES string of the molecule is NC(=Nc1ccc(O)cc1)c1cccnc1. The predicted octanol–water partition coefficient (Wildman–Crippen LogP) is 1.82. The fourth-order valence-corrected chi connectivity index (χ4v) is 1.25. The highest BCUT2D eigenvalue weighted by Gasteiger charge is 1.97. The van der Waals surface area contributed by atoms with Crippen LogP contribution in [0.1, 0.15) is 5.56 Å².